The minimum absolute atomic E-state index is 0.164. The SMILES string of the molecule is CCCC1OC1(C(=O)O)c1ccccc1. The Kier molecular flexibility index (Phi) is 2.49. The fourth-order valence-electron chi connectivity index (χ4n) is 1.97. The summed E-state index contributed by atoms with van der Waals surface area (Å²) in [5.74, 6) is -0.882. The highest BCUT2D eigenvalue weighted by atomic mass is 16.6. The Labute approximate surface area is 88.7 Å². The number of carboxylic acid groups (broad SMARTS) is 1. The van der Waals surface area contributed by atoms with Crippen molar-refractivity contribution < 1.29 is 14.6 Å². The van der Waals surface area contributed by atoms with E-state index in [0.29, 0.717) is 0 Å². The van der Waals surface area contributed by atoms with Crippen LogP contribution in [0.2, 0.25) is 0 Å². The molecule has 15 heavy (non-hydrogen) atoms. The minimum Gasteiger partial charge on any atom is -0.479 e. The van der Waals surface area contributed by atoms with E-state index in [9.17, 15) is 9.90 Å². The Bertz CT molecular complexity index is 360. The highest BCUT2D eigenvalue weighted by molar-refractivity contribution is 5.83. The Morgan fingerprint density at radius 3 is 2.67 bits per heavy atom. The van der Waals surface area contributed by atoms with Gasteiger partial charge in [0, 0.05) is 0 Å². The summed E-state index contributed by atoms with van der Waals surface area (Å²) in [6.45, 7) is 2.03. The predicted molar refractivity (Wildman–Crippen MR) is 55.5 cm³/mol. The van der Waals surface area contributed by atoms with Crippen molar-refractivity contribution in [3.63, 3.8) is 0 Å². The number of hydrogen-bond acceptors (Lipinski definition) is 2. The lowest BCUT2D eigenvalue weighted by atomic mass is 9.93. The van der Waals surface area contributed by atoms with Crippen LogP contribution in [0.3, 0.4) is 0 Å². The summed E-state index contributed by atoms with van der Waals surface area (Å²) in [4.78, 5) is 11.2. The molecule has 0 saturated carbocycles. The summed E-state index contributed by atoms with van der Waals surface area (Å²) in [5.41, 5.74) is -0.326. The number of ether oxygens (including phenoxy) is 1. The summed E-state index contributed by atoms with van der Waals surface area (Å²) >= 11 is 0. The van der Waals surface area contributed by atoms with Crippen LogP contribution >= 0.6 is 0 Å². The summed E-state index contributed by atoms with van der Waals surface area (Å²) in [6, 6.07) is 9.17. The van der Waals surface area contributed by atoms with E-state index in [1.807, 2.05) is 37.3 Å². The smallest absolute Gasteiger partial charge is 0.343 e. The molecule has 1 aliphatic heterocycles. The first-order valence-electron chi connectivity index (χ1n) is 5.18. The van der Waals surface area contributed by atoms with Crippen LogP contribution in [0.5, 0.6) is 0 Å². The van der Waals surface area contributed by atoms with Crippen molar-refractivity contribution in [3.8, 4) is 0 Å². The van der Waals surface area contributed by atoms with Crippen LogP contribution in [0, 0.1) is 0 Å². The molecule has 2 atom stereocenters. The van der Waals surface area contributed by atoms with Gasteiger partial charge in [-0.3, -0.25) is 0 Å². The summed E-state index contributed by atoms with van der Waals surface area (Å²) in [5, 5.41) is 9.23. The van der Waals surface area contributed by atoms with Crippen LogP contribution < -0.4 is 0 Å². The number of hydrogen-bond donors (Lipinski definition) is 1. The maximum atomic E-state index is 11.2. The lowest BCUT2D eigenvalue weighted by Crippen LogP contribution is -2.24. The second-order valence-electron chi connectivity index (χ2n) is 3.80. The van der Waals surface area contributed by atoms with Gasteiger partial charge in [0.05, 0.1) is 0 Å². The molecular weight excluding hydrogens is 192 g/mol. The Morgan fingerprint density at radius 1 is 1.47 bits per heavy atom. The first-order valence-corrected chi connectivity index (χ1v) is 5.18. The van der Waals surface area contributed by atoms with E-state index in [2.05, 4.69) is 0 Å². The van der Waals surface area contributed by atoms with Crippen molar-refractivity contribution >= 4 is 5.97 Å². The molecule has 0 radical (unpaired) electrons. The average molecular weight is 206 g/mol. The monoisotopic (exact) mass is 206 g/mol. The number of benzene rings is 1. The molecule has 3 nitrogen and oxygen atoms in total. The van der Waals surface area contributed by atoms with E-state index in [1.54, 1.807) is 0 Å². The van der Waals surface area contributed by atoms with Gasteiger partial charge in [-0.05, 0) is 12.0 Å². The largest absolute Gasteiger partial charge is 0.479 e. The molecule has 0 bridgehead atoms. The summed E-state index contributed by atoms with van der Waals surface area (Å²) in [6.07, 6.45) is 1.57. The second-order valence-corrected chi connectivity index (χ2v) is 3.80. The zero-order valence-corrected chi connectivity index (χ0v) is 8.64. The van der Waals surface area contributed by atoms with E-state index >= 15 is 0 Å². The Balaban J connectivity index is 2.28. The molecule has 80 valence electrons. The number of aliphatic carboxylic acids is 1. The number of rotatable bonds is 4. The molecule has 1 aromatic carbocycles. The Hall–Kier alpha value is -1.35. The van der Waals surface area contributed by atoms with Crippen LogP contribution in [-0.2, 0) is 15.1 Å². The molecule has 1 heterocycles. The normalized spacial score (nSPS) is 28.7. The molecule has 0 aliphatic carbocycles. The van der Waals surface area contributed by atoms with Gasteiger partial charge < -0.3 is 9.84 Å². The highest BCUT2D eigenvalue weighted by Gasteiger charge is 2.63. The molecule has 1 saturated heterocycles. The molecule has 1 aliphatic rings. The maximum absolute atomic E-state index is 11.2. The van der Waals surface area contributed by atoms with Gasteiger partial charge in [0.25, 0.3) is 0 Å². The van der Waals surface area contributed by atoms with E-state index in [4.69, 9.17) is 4.74 Å². The third-order valence-corrected chi connectivity index (χ3v) is 2.80. The number of carboxylic acids is 1. The highest BCUT2D eigenvalue weighted by Crippen LogP contribution is 2.48. The van der Waals surface area contributed by atoms with Crippen LogP contribution in [0.25, 0.3) is 0 Å². The number of carbonyl (C=O) groups is 1. The lowest BCUT2D eigenvalue weighted by molar-refractivity contribution is -0.143. The summed E-state index contributed by atoms with van der Waals surface area (Å²) in [7, 11) is 0. The van der Waals surface area contributed by atoms with Crippen molar-refractivity contribution in [3.05, 3.63) is 35.9 Å². The van der Waals surface area contributed by atoms with Crippen LogP contribution in [-0.4, -0.2) is 17.2 Å². The molecule has 3 heteroatoms. The van der Waals surface area contributed by atoms with Gasteiger partial charge >= 0.3 is 5.97 Å². The van der Waals surface area contributed by atoms with Crippen molar-refractivity contribution in [2.45, 2.75) is 31.5 Å². The van der Waals surface area contributed by atoms with Crippen molar-refractivity contribution in [2.24, 2.45) is 0 Å². The molecule has 1 N–H and O–H groups in total. The molecule has 2 unspecified atom stereocenters. The van der Waals surface area contributed by atoms with Gasteiger partial charge in [0.1, 0.15) is 6.10 Å². The predicted octanol–water partition coefficient (Wildman–Crippen LogP) is 2.17. The van der Waals surface area contributed by atoms with E-state index in [1.165, 1.54) is 0 Å². The Morgan fingerprint density at radius 2 is 2.13 bits per heavy atom. The minimum atomic E-state index is -1.07. The van der Waals surface area contributed by atoms with Crippen molar-refractivity contribution in [2.75, 3.05) is 0 Å². The maximum Gasteiger partial charge on any atom is 0.343 e. The zero-order valence-electron chi connectivity index (χ0n) is 8.64. The molecule has 2 rings (SSSR count). The van der Waals surface area contributed by atoms with E-state index < -0.39 is 11.6 Å². The van der Waals surface area contributed by atoms with Crippen molar-refractivity contribution in [1.82, 2.24) is 0 Å². The third-order valence-electron chi connectivity index (χ3n) is 2.80. The first-order chi connectivity index (χ1) is 7.21. The van der Waals surface area contributed by atoms with Crippen LogP contribution in [0.4, 0.5) is 0 Å². The van der Waals surface area contributed by atoms with Gasteiger partial charge in [-0.15, -0.1) is 0 Å². The average Bonchev–Trinajstić information content (AvgIpc) is 2.96. The quantitative estimate of drug-likeness (QED) is 0.768. The fraction of sp³-hybridized carbons (Fsp3) is 0.417. The molecule has 0 amide bonds. The molecule has 1 fully saturated rings. The first kappa shape index (κ1) is 10.2. The van der Waals surface area contributed by atoms with Crippen LogP contribution in [0.15, 0.2) is 30.3 Å². The lowest BCUT2D eigenvalue weighted by Gasteiger charge is -2.07. The fourth-order valence-corrected chi connectivity index (χ4v) is 1.97. The van der Waals surface area contributed by atoms with Gasteiger partial charge in [0.15, 0.2) is 0 Å². The molecule has 0 spiro atoms. The van der Waals surface area contributed by atoms with Gasteiger partial charge in [-0.1, -0.05) is 43.7 Å². The van der Waals surface area contributed by atoms with Gasteiger partial charge in [0.2, 0.25) is 5.60 Å². The molecule has 0 aromatic heterocycles. The van der Waals surface area contributed by atoms with Crippen molar-refractivity contribution in [1.29, 1.82) is 0 Å². The standard InChI is InChI=1S/C12H14O3/c1-2-6-10-12(15-10,11(13)14)9-7-4-3-5-8-9/h3-5,7-8,10H,2,6H2,1H3,(H,13,14). The van der Waals surface area contributed by atoms with Gasteiger partial charge in [-0.2, -0.15) is 0 Å². The van der Waals surface area contributed by atoms with E-state index in [0.717, 1.165) is 18.4 Å². The van der Waals surface area contributed by atoms with Gasteiger partial charge in [-0.25, -0.2) is 4.79 Å². The third kappa shape index (κ3) is 1.53. The summed E-state index contributed by atoms with van der Waals surface area (Å²) < 4.78 is 5.39. The van der Waals surface area contributed by atoms with E-state index in [-0.39, 0.29) is 6.10 Å². The topological polar surface area (TPSA) is 49.8 Å². The number of epoxide rings is 1. The van der Waals surface area contributed by atoms with Crippen LogP contribution in [0.1, 0.15) is 25.3 Å². The molecular formula is C12H14O3. The molecule has 1 aromatic rings. The zero-order chi connectivity index (χ0) is 10.9. The second kappa shape index (κ2) is 3.66.